The average Bonchev–Trinajstić information content (AvgIpc) is 3.26. The van der Waals surface area contributed by atoms with E-state index in [4.69, 9.17) is 9.97 Å². The first-order chi connectivity index (χ1) is 17.7. The second kappa shape index (κ2) is 8.78. The topological polar surface area (TPSA) is 82.1 Å². The first-order valence-corrected chi connectivity index (χ1v) is 12.9. The molecular formula is C27H32F2N8. The summed E-state index contributed by atoms with van der Waals surface area (Å²) in [5.74, 6) is 2.18. The molecule has 8 nitrogen and oxygen atoms in total. The zero-order valence-electron chi connectivity index (χ0n) is 21.6. The third-order valence-corrected chi connectivity index (χ3v) is 8.07. The number of halogens is 2. The van der Waals surface area contributed by atoms with E-state index < -0.39 is 11.6 Å². The molecule has 2 aromatic heterocycles. The zero-order chi connectivity index (χ0) is 25.9. The van der Waals surface area contributed by atoms with E-state index in [0.29, 0.717) is 30.0 Å². The van der Waals surface area contributed by atoms with Crippen LogP contribution in [0.15, 0.2) is 30.6 Å². The lowest BCUT2D eigenvalue weighted by Gasteiger charge is -2.39. The van der Waals surface area contributed by atoms with Crippen LogP contribution < -0.4 is 20.4 Å². The van der Waals surface area contributed by atoms with Crippen LogP contribution in [0.1, 0.15) is 37.9 Å². The molecule has 3 aliphatic rings. The summed E-state index contributed by atoms with van der Waals surface area (Å²) in [5.41, 5.74) is 2.24. The molecule has 2 unspecified atom stereocenters. The van der Waals surface area contributed by atoms with Gasteiger partial charge >= 0.3 is 0 Å². The monoisotopic (exact) mass is 506 g/mol. The Labute approximate surface area is 215 Å². The van der Waals surface area contributed by atoms with Gasteiger partial charge in [-0.05, 0) is 43.7 Å². The molecule has 2 bridgehead atoms. The third-order valence-electron chi connectivity index (χ3n) is 8.07. The van der Waals surface area contributed by atoms with Crippen LogP contribution >= 0.6 is 0 Å². The number of nitrogens with zero attached hydrogens (tertiary/aromatic N) is 6. The first kappa shape index (κ1) is 23.8. The van der Waals surface area contributed by atoms with Gasteiger partial charge in [0.2, 0.25) is 5.95 Å². The number of fused-ring (bicyclic) bond motifs is 3. The second-order valence-corrected chi connectivity index (χ2v) is 11.1. The van der Waals surface area contributed by atoms with E-state index in [9.17, 15) is 8.78 Å². The summed E-state index contributed by atoms with van der Waals surface area (Å²) < 4.78 is 27.8. The molecule has 0 amide bonds. The van der Waals surface area contributed by atoms with Crippen molar-refractivity contribution in [1.29, 1.82) is 0 Å². The van der Waals surface area contributed by atoms with Gasteiger partial charge < -0.3 is 20.4 Å². The maximum absolute atomic E-state index is 14.1. The van der Waals surface area contributed by atoms with Gasteiger partial charge in [-0.15, -0.1) is 0 Å². The fourth-order valence-electron chi connectivity index (χ4n) is 6.34. The second-order valence-electron chi connectivity index (χ2n) is 11.1. The Balaban J connectivity index is 1.30. The predicted molar refractivity (Wildman–Crippen MR) is 141 cm³/mol. The lowest BCUT2D eigenvalue weighted by atomic mass is 9.88. The van der Waals surface area contributed by atoms with E-state index in [0.717, 1.165) is 54.6 Å². The van der Waals surface area contributed by atoms with Crippen molar-refractivity contribution in [1.82, 2.24) is 19.9 Å². The molecule has 1 saturated carbocycles. The van der Waals surface area contributed by atoms with E-state index in [1.54, 1.807) is 12.4 Å². The first-order valence-electron chi connectivity index (χ1n) is 12.9. The minimum absolute atomic E-state index is 0.257. The number of piperidine rings is 1. The molecule has 1 aliphatic carbocycles. The summed E-state index contributed by atoms with van der Waals surface area (Å²) in [6, 6.07) is 6.31. The lowest BCUT2D eigenvalue weighted by Crippen LogP contribution is -2.48. The van der Waals surface area contributed by atoms with Crippen LogP contribution in [0.2, 0.25) is 0 Å². The third kappa shape index (κ3) is 4.12. The molecule has 37 heavy (non-hydrogen) atoms. The van der Waals surface area contributed by atoms with Crippen molar-refractivity contribution in [3.05, 3.63) is 53.5 Å². The van der Waals surface area contributed by atoms with Gasteiger partial charge in [0.05, 0.1) is 0 Å². The van der Waals surface area contributed by atoms with Gasteiger partial charge in [-0.1, -0.05) is 13.8 Å². The fourth-order valence-corrected chi connectivity index (χ4v) is 6.34. The van der Waals surface area contributed by atoms with E-state index in [1.807, 2.05) is 24.9 Å². The number of rotatable bonds is 5. The summed E-state index contributed by atoms with van der Waals surface area (Å²) in [6.45, 7) is 8.65. The standard InChI is InChI=1S/C27H32F2N8/c1-15-9-21(32-14-31-15)36-11-16-5-6-17(12-36)23(16)33-26-34-24(30-4)22-25(35-26)37(13-27(22,2)3)18-7-8-19(28)20(29)10-18/h7-10,14,16-17,23H,5-6,11-13H2,1-4H3,(H2,30,33,34,35). The van der Waals surface area contributed by atoms with Gasteiger partial charge in [0.15, 0.2) is 11.6 Å². The molecule has 2 N–H and O–H groups in total. The van der Waals surface area contributed by atoms with Crippen LogP contribution in [0.3, 0.4) is 0 Å². The van der Waals surface area contributed by atoms with Gasteiger partial charge in [-0.2, -0.15) is 9.97 Å². The van der Waals surface area contributed by atoms with Crippen LogP contribution in [0.5, 0.6) is 0 Å². The maximum Gasteiger partial charge on any atom is 0.226 e. The molecule has 194 valence electrons. The maximum atomic E-state index is 14.1. The number of hydrogen-bond donors (Lipinski definition) is 2. The van der Waals surface area contributed by atoms with Crippen molar-refractivity contribution in [2.24, 2.45) is 11.8 Å². The van der Waals surface area contributed by atoms with Crippen molar-refractivity contribution in [2.75, 3.05) is 47.1 Å². The Morgan fingerprint density at radius 3 is 2.43 bits per heavy atom. The van der Waals surface area contributed by atoms with E-state index >= 15 is 0 Å². The minimum Gasteiger partial charge on any atom is -0.373 e. The van der Waals surface area contributed by atoms with E-state index in [2.05, 4.69) is 39.3 Å². The summed E-state index contributed by atoms with van der Waals surface area (Å²) in [7, 11) is 1.86. The molecule has 2 aliphatic heterocycles. The van der Waals surface area contributed by atoms with Crippen LogP contribution in [-0.4, -0.2) is 52.7 Å². The normalized spacial score (nSPS) is 23.8. The number of anilines is 5. The van der Waals surface area contributed by atoms with Crippen molar-refractivity contribution < 1.29 is 8.78 Å². The Morgan fingerprint density at radius 1 is 1.00 bits per heavy atom. The van der Waals surface area contributed by atoms with Crippen molar-refractivity contribution in [2.45, 2.75) is 45.1 Å². The highest BCUT2D eigenvalue weighted by Gasteiger charge is 2.44. The van der Waals surface area contributed by atoms with Crippen LogP contribution in [0.4, 0.5) is 37.9 Å². The smallest absolute Gasteiger partial charge is 0.226 e. The van der Waals surface area contributed by atoms with E-state index in [1.165, 1.54) is 12.1 Å². The lowest BCUT2D eigenvalue weighted by molar-refractivity contribution is 0.375. The summed E-state index contributed by atoms with van der Waals surface area (Å²) in [6.07, 6.45) is 3.91. The number of benzene rings is 1. The Kier molecular flexibility index (Phi) is 5.65. The minimum atomic E-state index is -0.868. The number of aryl methyl sites for hydroxylation is 1. The molecule has 2 atom stereocenters. The number of aromatic nitrogens is 4. The number of hydrogen-bond acceptors (Lipinski definition) is 8. The highest BCUT2D eigenvalue weighted by Crippen LogP contribution is 2.47. The van der Waals surface area contributed by atoms with Gasteiger partial charge in [0, 0.05) is 67.2 Å². The molecule has 10 heteroatoms. The van der Waals surface area contributed by atoms with Gasteiger partial charge in [-0.25, -0.2) is 18.7 Å². The Morgan fingerprint density at radius 2 is 1.76 bits per heavy atom. The molecule has 0 radical (unpaired) electrons. The summed E-state index contributed by atoms with van der Waals surface area (Å²) in [5, 5.41) is 6.92. The van der Waals surface area contributed by atoms with Crippen LogP contribution in [-0.2, 0) is 5.41 Å². The Hall–Kier alpha value is -3.56. The highest BCUT2D eigenvalue weighted by molar-refractivity contribution is 5.75. The molecular weight excluding hydrogens is 474 g/mol. The van der Waals surface area contributed by atoms with Crippen molar-refractivity contribution in [3.63, 3.8) is 0 Å². The molecule has 6 rings (SSSR count). The van der Waals surface area contributed by atoms with Gasteiger partial charge in [0.25, 0.3) is 0 Å². The molecule has 1 aromatic carbocycles. The molecule has 1 saturated heterocycles. The largest absolute Gasteiger partial charge is 0.373 e. The quantitative estimate of drug-likeness (QED) is 0.518. The summed E-state index contributed by atoms with van der Waals surface area (Å²) in [4.78, 5) is 22.9. The molecule has 2 fully saturated rings. The molecule has 4 heterocycles. The van der Waals surface area contributed by atoms with Gasteiger partial charge in [0.1, 0.15) is 23.8 Å². The molecule has 3 aromatic rings. The average molecular weight is 507 g/mol. The van der Waals surface area contributed by atoms with Crippen LogP contribution in [0.25, 0.3) is 0 Å². The van der Waals surface area contributed by atoms with Crippen molar-refractivity contribution in [3.8, 4) is 0 Å². The SMILES string of the molecule is CNc1nc(NC2C3CCC2CN(c2cc(C)ncn2)C3)nc2c1C(C)(C)CN2c1ccc(F)c(F)c1. The summed E-state index contributed by atoms with van der Waals surface area (Å²) >= 11 is 0. The van der Waals surface area contributed by atoms with E-state index in [-0.39, 0.29) is 11.5 Å². The predicted octanol–water partition coefficient (Wildman–Crippen LogP) is 4.65. The number of nitrogens with one attached hydrogen (secondary N) is 2. The Bertz CT molecular complexity index is 1330. The highest BCUT2D eigenvalue weighted by atomic mass is 19.2. The fraction of sp³-hybridized carbons (Fsp3) is 0.481. The molecule has 0 spiro atoms. The van der Waals surface area contributed by atoms with Crippen LogP contribution in [0, 0.1) is 30.4 Å². The van der Waals surface area contributed by atoms with Crippen molar-refractivity contribution >= 4 is 29.1 Å². The zero-order valence-corrected chi connectivity index (χ0v) is 21.6. The van der Waals surface area contributed by atoms with Gasteiger partial charge in [-0.3, -0.25) is 0 Å².